The van der Waals surface area contributed by atoms with Crippen LogP contribution in [0.15, 0.2) is 41.5 Å². The van der Waals surface area contributed by atoms with Gasteiger partial charge in [-0.2, -0.15) is 5.10 Å². The smallest absolute Gasteiger partial charge is 0.189 e. The number of benzene rings is 1. The maximum absolute atomic E-state index is 5.88. The van der Waals surface area contributed by atoms with Gasteiger partial charge in [0.2, 0.25) is 0 Å². The molecule has 0 saturated heterocycles. The van der Waals surface area contributed by atoms with Crippen molar-refractivity contribution in [2.24, 2.45) is 10.7 Å². The predicted octanol–water partition coefficient (Wildman–Crippen LogP) is 1.62. The summed E-state index contributed by atoms with van der Waals surface area (Å²) in [5, 5.41) is 7.60. The summed E-state index contributed by atoms with van der Waals surface area (Å²) in [5.41, 5.74) is 8.90. The summed E-state index contributed by atoms with van der Waals surface area (Å²) in [6.45, 7) is 5.05. The second-order valence-electron chi connectivity index (χ2n) is 5.22. The second-order valence-corrected chi connectivity index (χ2v) is 5.22. The number of para-hydroxylation sites is 1. The molecule has 1 heterocycles. The fourth-order valence-electron chi connectivity index (χ4n) is 2.12. The van der Waals surface area contributed by atoms with Gasteiger partial charge in [0, 0.05) is 24.9 Å². The van der Waals surface area contributed by atoms with Crippen molar-refractivity contribution in [3.05, 3.63) is 47.8 Å². The average molecular weight is 301 g/mol. The molecule has 0 aliphatic heterocycles. The standard InChI is InChI=1S/C16H23N5O/c1-12(11-22-3)19-16(17)18-9-14-10-21(20-13(14)2)15-7-5-4-6-8-15/h4-8,10,12H,9,11H2,1-3H3,(H3,17,18,19). The molecule has 0 fully saturated rings. The SMILES string of the molecule is COCC(C)NC(N)=NCc1cn(-c2ccccc2)nc1C. The number of aliphatic imine (C=N–C) groups is 1. The van der Waals surface area contributed by atoms with Crippen LogP contribution in [0.4, 0.5) is 0 Å². The molecule has 0 radical (unpaired) electrons. The van der Waals surface area contributed by atoms with Gasteiger partial charge in [-0.3, -0.25) is 0 Å². The minimum absolute atomic E-state index is 0.127. The minimum atomic E-state index is 0.127. The minimum Gasteiger partial charge on any atom is -0.383 e. The van der Waals surface area contributed by atoms with E-state index in [2.05, 4.69) is 15.4 Å². The molecule has 3 N–H and O–H groups in total. The summed E-state index contributed by atoms with van der Waals surface area (Å²) < 4.78 is 6.91. The lowest BCUT2D eigenvalue weighted by Crippen LogP contribution is -2.40. The fourth-order valence-corrected chi connectivity index (χ4v) is 2.12. The van der Waals surface area contributed by atoms with E-state index in [0.717, 1.165) is 16.9 Å². The van der Waals surface area contributed by atoms with Crippen LogP contribution in [0.5, 0.6) is 0 Å². The normalized spacial score (nSPS) is 13.1. The number of rotatable bonds is 6. The Morgan fingerprint density at radius 1 is 1.41 bits per heavy atom. The molecule has 2 rings (SSSR count). The Morgan fingerprint density at radius 2 is 2.14 bits per heavy atom. The summed E-state index contributed by atoms with van der Waals surface area (Å²) in [5.74, 6) is 0.413. The van der Waals surface area contributed by atoms with Crippen LogP contribution in [0.1, 0.15) is 18.2 Å². The van der Waals surface area contributed by atoms with Gasteiger partial charge < -0.3 is 15.8 Å². The van der Waals surface area contributed by atoms with Gasteiger partial charge in [-0.1, -0.05) is 18.2 Å². The van der Waals surface area contributed by atoms with Crippen molar-refractivity contribution in [2.75, 3.05) is 13.7 Å². The van der Waals surface area contributed by atoms with Gasteiger partial charge in [0.25, 0.3) is 0 Å². The Morgan fingerprint density at radius 3 is 2.82 bits per heavy atom. The van der Waals surface area contributed by atoms with Crippen LogP contribution in [-0.4, -0.2) is 35.5 Å². The number of hydrogen-bond acceptors (Lipinski definition) is 3. The first-order valence-corrected chi connectivity index (χ1v) is 7.26. The number of methoxy groups -OCH3 is 1. The highest BCUT2D eigenvalue weighted by molar-refractivity contribution is 5.78. The first-order valence-electron chi connectivity index (χ1n) is 7.26. The summed E-state index contributed by atoms with van der Waals surface area (Å²) >= 11 is 0. The number of nitrogens with two attached hydrogens (primary N) is 1. The zero-order valence-electron chi connectivity index (χ0n) is 13.3. The van der Waals surface area contributed by atoms with E-state index in [1.807, 2.05) is 55.1 Å². The van der Waals surface area contributed by atoms with Gasteiger partial charge in [-0.05, 0) is 26.0 Å². The van der Waals surface area contributed by atoms with Gasteiger partial charge in [0.1, 0.15) is 0 Å². The molecule has 1 unspecified atom stereocenters. The van der Waals surface area contributed by atoms with Crippen molar-refractivity contribution in [3.63, 3.8) is 0 Å². The van der Waals surface area contributed by atoms with E-state index >= 15 is 0 Å². The van der Waals surface area contributed by atoms with Crippen LogP contribution >= 0.6 is 0 Å². The number of aromatic nitrogens is 2. The third-order valence-corrected chi connectivity index (χ3v) is 3.25. The van der Waals surface area contributed by atoms with Gasteiger partial charge in [0.15, 0.2) is 5.96 Å². The Bertz CT molecular complexity index is 621. The molecular formula is C16H23N5O. The highest BCUT2D eigenvalue weighted by Gasteiger charge is 2.06. The van der Waals surface area contributed by atoms with Crippen LogP contribution in [0.25, 0.3) is 5.69 Å². The first-order chi connectivity index (χ1) is 10.6. The molecule has 0 spiro atoms. The molecule has 0 bridgehead atoms. The third kappa shape index (κ3) is 4.33. The second kappa shape index (κ2) is 7.61. The number of nitrogens with one attached hydrogen (secondary N) is 1. The van der Waals surface area contributed by atoms with Crippen molar-refractivity contribution < 1.29 is 4.74 Å². The van der Waals surface area contributed by atoms with Gasteiger partial charge in [0.05, 0.1) is 24.5 Å². The molecule has 0 aliphatic carbocycles. The lowest BCUT2D eigenvalue weighted by Gasteiger charge is -2.12. The van der Waals surface area contributed by atoms with Crippen molar-refractivity contribution in [1.82, 2.24) is 15.1 Å². The number of ether oxygens (including phenoxy) is 1. The van der Waals surface area contributed by atoms with E-state index in [1.54, 1.807) is 7.11 Å². The molecule has 22 heavy (non-hydrogen) atoms. The van der Waals surface area contributed by atoms with E-state index in [1.165, 1.54) is 0 Å². The zero-order valence-corrected chi connectivity index (χ0v) is 13.3. The highest BCUT2D eigenvalue weighted by Crippen LogP contribution is 2.12. The van der Waals surface area contributed by atoms with Gasteiger partial charge >= 0.3 is 0 Å². The quantitative estimate of drug-likeness (QED) is 0.628. The Kier molecular flexibility index (Phi) is 5.55. The third-order valence-electron chi connectivity index (χ3n) is 3.25. The van der Waals surface area contributed by atoms with Gasteiger partial charge in [-0.15, -0.1) is 0 Å². The van der Waals surface area contributed by atoms with E-state index in [4.69, 9.17) is 10.5 Å². The molecule has 1 atom stereocenters. The summed E-state index contributed by atoms with van der Waals surface area (Å²) in [6.07, 6.45) is 1.99. The number of aryl methyl sites for hydroxylation is 1. The summed E-state index contributed by atoms with van der Waals surface area (Å²) in [4.78, 5) is 4.36. The molecule has 0 saturated carbocycles. The van der Waals surface area contributed by atoms with Crippen LogP contribution in [0.3, 0.4) is 0 Å². The maximum atomic E-state index is 5.88. The Hall–Kier alpha value is -2.34. The molecule has 6 nitrogen and oxygen atoms in total. The Labute approximate surface area is 131 Å². The van der Waals surface area contributed by atoms with E-state index in [-0.39, 0.29) is 6.04 Å². The summed E-state index contributed by atoms with van der Waals surface area (Å²) in [7, 11) is 1.66. The molecule has 1 aromatic carbocycles. The maximum Gasteiger partial charge on any atom is 0.189 e. The molecule has 1 aromatic heterocycles. The molecular weight excluding hydrogens is 278 g/mol. The van der Waals surface area contributed by atoms with E-state index in [9.17, 15) is 0 Å². The molecule has 0 amide bonds. The van der Waals surface area contributed by atoms with E-state index < -0.39 is 0 Å². The lowest BCUT2D eigenvalue weighted by atomic mass is 10.2. The zero-order chi connectivity index (χ0) is 15.9. The number of nitrogens with zero attached hydrogens (tertiary/aromatic N) is 3. The largest absolute Gasteiger partial charge is 0.383 e. The van der Waals surface area contributed by atoms with E-state index in [0.29, 0.717) is 19.1 Å². The van der Waals surface area contributed by atoms with Crippen LogP contribution < -0.4 is 11.1 Å². The fraction of sp³-hybridized carbons (Fsp3) is 0.375. The van der Waals surface area contributed by atoms with Crippen molar-refractivity contribution in [3.8, 4) is 5.69 Å². The van der Waals surface area contributed by atoms with Crippen molar-refractivity contribution in [1.29, 1.82) is 0 Å². The van der Waals surface area contributed by atoms with Crippen LogP contribution in [-0.2, 0) is 11.3 Å². The number of guanidine groups is 1. The van der Waals surface area contributed by atoms with Crippen LogP contribution in [0.2, 0.25) is 0 Å². The monoisotopic (exact) mass is 301 g/mol. The molecule has 0 aliphatic rings. The lowest BCUT2D eigenvalue weighted by molar-refractivity contribution is 0.179. The van der Waals surface area contributed by atoms with Crippen LogP contribution in [0, 0.1) is 6.92 Å². The van der Waals surface area contributed by atoms with Gasteiger partial charge in [-0.25, -0.2) is 9.67 Å². The number of hydrogen-bond donors (Lipinski definition) is 2. The topological polar surface area (TPSA) is 77.5 Å². The predicted molar refractivity (Wildman–Crippen MR) is 88.1 cm³/mol. The molecule has 2 aromatic rings. The Balaban J connectivity index is 2.03. The van der Waals surface area contributed by atoms with Crippen molar-refractivity contribution in [2.45, 2.75) is 26.4 Å². The molecule has 118 valence electrons. The summed E-state index contributed by atoms with van der Waals surface area (Å²) in [6, 6.07) is 10.1. The average Bonchev–Trinajstić information content (AvgIpc) is 2.87. The van der Waals surface area contributed by atoms with Crippen molar-refractivity contribution >= 4 is 5.96 Å². The first kappa shape index (κ1) is 16.0. The highest BCUT2D eigenvalue weighted by atomic mass is 16.5. The molecule has 6 heteroatoms.